The first-order valence-corrected chi connectivity index (χ1v) is 3.74. The van der Waals surface area contributed by atoms with E-state index in [0.717, 1.165) is 0 Å². The minimum atomic E-state index is -4.10. The van der Waals surface area contributed by atoms with Crippen molar-refractivity contribution in [3.05, 3.63) is 0 Å². The topological polar surface area (TPSA) is 29.5 Å². The van der Waals surface area contributed by atoms with Crippen LogP contribution in [0.25, 0.3) is 0 Å². The molecule has 0 radical (unpaired) electrons. The van der Waals surface area contributed by atoms with Gasteiger partial charge in [-0.3, -0.25) is 0 Å². The molecule has 0 saturated heterocycles. The van der Waals surface area contributed by atoms with E-state index in [1.165, 1.54) is 6.92 Å². The van der Waals surface area contributed by atoms with Gasteiger partial charge in [0.25, 0.3) is 0 Å². The van der Waals surface area contributed by atoms with Crippen LogP contribution in [0.3, 0.4) is 0 Å². The Hall–Kier alpha value is -0.290. The molecule has 12 heavy (non-hydrogen) atoms. The van der Waals surface area contributed by atoms with E-state index in [2.05, 4.69) is 0 Å². The van der Waals surface area contributed by atoms with E-state index in [4.69, 9.17) is 9.84 Å². The molecule has 0 amide bonds. The molecule has 0 aromatic heterocycles. The molecule has 0 aliphatic carbocycles. The quantitative estimate of drug-likeness (QED) is 0.662. The summed E-state index contributed by atoms with van der Waals surface area (Å²) in [5.41, 5.74) is 0. The highest BCUT2D eigenvalue weighted by atomic mass is 19.4. The molecule has 0 aromatic rings. The highest BCUT2D eigenvalue weighted by Gasteiger charge is 2.25. The molecule has 0 aromatic carbocycles. The lowest BCUT2D eigenvalue weighted by atomic mass is 10.3. The van der Waals surface area contributed by atoms with Gasteiger partial charge in [0.05, 0.1) is 12.7 Å². The van der Waals surface area contributed by atoms with Gasteiger partial charge in [-0.25, -0.2) is 0 Å². The van der Waals surface area contributed by atoms with Gasteiger partial charge in [-0.15, -0.1) is 0 Å². The first kappa shape index (κ1) is 11.7. The number of ether oxygens (including phenoxy) is 1. The van der Waals surface area contributed by atoms with E-state index in [0.29, 0.717) is 0 Å². The minimum Gasteiger partial charge on any atom is -0.391 e. The summed E-state index contributed by atoms with van der Waals surface area (Å²) in [7, 11) is 0. The normalized spacial score (nSPS) is 14.8. The Bertz CT molecular complexity index is 112. The Morgan fingerprint density at radius 2 is 2.00 bits per heavy atom. The number of alkyl halides is 3. The second-order valence-corrected chi connectivity index (χ2v) is 2.64. The van der Waals surface area contributed by atoms with Gasteiger partial charge in [0, 0.05) is 13.0 Å². The van der Waals surface area contributed by atoms with Crippen molar-refractivity contribution < 1.29 is 23.0 Å². The van der Waals surface area contributed by atoms with Gasteiger partial charge in [0.1, 0.15) is 0 Å². The zero-order valence-electron chi connectivity index (χ0n) is 6.90. The SMILES string of the molecule is C[C@@H](O)COCCCC(F)(F)F. The van der Waals surface area contributed by atoms with Gasteiger partial charge in [-0.2, -0.15) is 13.2 Å². The molecular weight excluding hydrogens is 173 g/mol. The lowest BCUT2D eigenvalue weighted by molar-refractivity contribution is -0.138. The molecule has 0 fully saturated rings. The maximum Gasteiger partial charge on any atom is 0.389 e. The molecule has 0 heterocycles. The summed E-state index contributed by atoms with van der Waals surface area (Å²) in [4.78, 5) is 0. The smallest absolute Gasteiger partial charge is 0.389 e. The van der Waals surface area contributed by atoms with Gasteiger partial charge in [-0.1, -0.05) is 0 Å². The van der Waals surface area contributed by atoms with Gasteiger partial charge < -0.3 is 9.84 Å². The highest BCUT2D eigenvalue weighted by Crippen LogP contribution is 2.20. The van der Waals surface area contributed by atoms with Crippen molar-refractivity contribution in [1.82, 2.24) is 0 Å². The van der Waals surface area contributed by atoms with Gasteiger partial charge >= 0.3 is 6.18 Å². The number of hydrogen-bond donors (Lipinski definition) is 1. The summed E-state index contributed by atoms with van der Waals surface area (Å²) >= 11 is 0. The standard InChI is InChI=1S/C7H13F3O2/c1-6(11)5-12-4-2-3-7(8,9)10/h6,11H,2-5H2,1H3/t6-/m1/s1. The largest absolute Gasteiger partial charge is 0.391 e. The van der Waals surface area contributed by atoms with Crippen molar-refractivity contribution in [2.75, 3.05) is 13.2 Å². The van der Waals surface area contributed by atoms with Crippen molar-refractivity contribution in [2.45, 2.75) is 32.0 Å². The highest BCUT2D eigenvalue weighted by molar-refractivity contribution is 4.50. The van der Waals surface area contributed by atoms with Gasteiger partial charge in [0.2, 0.25) is 0 Å². The fraction of sp³-hybridized carbons (Fsp3) is 1.00. The fourth-order valence-corrected chi connectivity index (χ4v) is 0.629. The second kappa shape index (κ2) is 5.37. The Labute approximate surface area is 69.3 Å². The molecule has 5 heteroatoms. The monoisotopic (exact) mass is 186 g/mol. The van der Waals surface area contributed by atoms with E-state index in [1.54, 1.807) is 0 Å². The first-order valence-electron chi connectivity index (χ1n) is 3.74. The minimum absolute atomic E-state index is 0.0454. The summed E-state index contributed by atoms with van der Waals surface area (Å²) in [6.07, 6.45) is -5.59. The van der Waals surface area contributed by atoms with Crippen LogP contribution >= 0.6 is 0 Å². The maximum atomic E-state index is 11.5. The zero-order chi connectivity index (χ0) is 9.61. The van der Waals surface area contributed by atoms with E-state index < -0.39 is 18.7 Å². The number of aliphatic hydroxyl groups excluding tert-OH is 1. The molecule has 0 spiro atoms. The van der Waals surface area contributed by atoms with E-state index >= 15 is 0 Å². The van der Waals surface area contributed by atoms with Crippen LogP contribution in [0.5, 0.6) is 0 Å². The van der Waals surface area contributed by atoms with Crippen molar-refractivity contribution in [3.63, 3.8) is 0 Å². The maximum absolute atomic E-state index is 11.5. The van der Waals surface area contributed by atoms with Crippen molar-refractivity contribution in [2.24, 2.45) is 0 Å². The van der Waals surface area contributed by atoms with Crippen molar-refractivity contribution in [3.8, 4) is 0 Å². The summed E-state index contributed by atoms with van der Waals surface area (Å²) in [6, 6.07) is 0. The van der Waals surface area contributed by atoms with Crippen LogP contribution in [0.2, 0.25) is 0 Å². The second-order valence-electron chi connectivity index (χ2n) is 2.64. The molecule has 0 rings (SSSR count). The third-order valence-corrected chi connectivity index (χ3v) is 1.11. The molecule has 1 atom stereocenters. The Kier molecular flexibility index (Phi) is 5.24. The van der Waals surface area contributed by atoms with E-state index in [9.17, 15) is 13.2 Å². The van der Waals surface area contributed by atoms with E-state index in [1.807, 2.05) is 0 Å². The third-order valence-electron chi connectivity index (χ3n) is 1.11. The molecule has 0 aliphatic heterocycles. The third kappa shape index (κ3) is 9.71. The lowest BCUT2D eigenvalue weighted by Crippen LogP contribution is -2.13. The van der Waals surface area contributed by atoms with Crippen LogP contribution in [-0.2, 0) is 4.74 Å². The molecule has 0 aliphatic rings. The summed E-state index contributed by atoms with van der Waals surface area (Å²) in [5, 5.41) is 8.66. The van der Waals surface area contributed by atoms with Crippen molar-refractivity contribution >= 4 is 0 Å². The Morgan fingerprint density at radius 1 is 1.42 bits per heavy atom. The van der Waals surface area contributed by atoms with Crippen LogP contribution in [0.15, 0.2) is 0 Å². The Balaban J connectivity index is 3.12. The van der Waals surface area contributed by atoms with Crippen LogP contribution in [-0.4, -0.2) is 30.6 Å². The molecule has 1 N–H and O–H groups in total. The number of halogens is 3. The first-order chi connectivity index (χ1) is 5.42. The van der Waals surface area contributed by atoms with Crippen LogP contribution in [0.4, 0.5) is 13.2 Å². The number of aliphatic hydroxyl groups is 1. The Morgan fingerprint density at radius 3 is 2.42 bits per heavy atom. The van der Waals surface area contributed by atoms with E-state index in [-0.39, 0.29) is 19.6 Å². The van der Waals surface area contributed by atoms with Gasteiger partial charge in [-0.05, 0) is 13.3 Å². The predicted octanol–water partition coefficient (Wildman–Crippen LogP) is 1.73. The fourth-order valence-electron chi connectivity index (χ4n) is 0.629. The number of hydrogen-bond acceptors (Lipinski definition) is 2. The van der Waals surface area contributed by atoms with Crippen LogP contribution in [0.1, 0.15) is 19.8 Å². The van der Waals surface area contributed by atoms with Crippen molar-refractivity contribution in [1.29, 1.82) is 0 Å². The average molecular weight is 186 g/mol. The van der Waals surface area contributed by atoms with Crippen LogP contribution < -0.4 is 0 Å². The van der Waals surface area contributed by atoms with Gasteiger partial charge in [0.15, 0.2) is 0 Å². The lowest BCUT2D eigenvalue weighted by Gasteiger charge is -2.07. The molecule has 0 bridgehead atoms. The van der Waals surface area contributed by atoms with Crippen LogP contribution in [0, 0.1) is 0 Å². The molecule has 0 unspecified atom stereocenters. The molecule has 0 saturated carbocycles. The average Bonchev–Trinajstić information content (AvgIpc) is 1.83. The summed E-state index contributed by atoms with van der Waals surface area (Å²) in [6.45, 7) is 1.66. The predicted molar refractivity (Wildman–Crippen MR) is 37.8 cm³/mol. The summed E-state index contributed by atoms with van der Waals surface area (Å²) in [5.74, 6) is 0. The molecular formula is C7H13F3O2. The molecule has 74 valence electrons. The number of rotatable bonds is 5. The summed E-state index contributed by atoms with van der Waals surface area (Å²) < 4.78 is 39.4. The molecule has 2 nitrogen and oxygen atoms in total. The zero-order valence-corrected chi connectivity index (χ0v) is 6.90.